The Morgan fingerprint density at radius 3 is 2.10 bits per heavy atom. The number of carbonyl (C=O) groups is 2. The zero-order valence-corrected chi connectivity index (χ0v) is 17.1. The molecule has 0 saturated carbocycles. The minimum absolute atomic E-state index is 0.0152. The first-order valence-electron chi connectivity index (χ1n) is 8.66. The van der Waals surface area contributed by atoms with E-state index in [0.29, 0.717) is 11.3 Å². The van der Waals surface area contributed by atoms with E-state index in [2.05, 4.69) is 10.1 Å². The van der Waals surface area contributed by atoms with Crippen molar-refractivity contribution in [3.8, 4) is 0 Å². The Bertz CT molecular complexity index is 1140. The van der Waals surface area contributed by atoms with Crippen molar-refractivity contribution >= 4 is 37.2 Å². The van der Waals surface area contributed by atoms with E-state index >= 15 is 0 Å². The molecule has 10 heteroatoms. The Balaban J connectivity index is 1.71. The molecule has 0 aliphatic carbocycles. The number of methoxy groups -OCH3 is 1. The maximum absolute atomic E-state index is 12.6. The van der Waals surface area contributed by atoms with Crippen LogP contribution in [0.2, 0.25) is 0 Å². The quantitative estimate of drug-likeness (QED) is 0.706. The third-order valence-corrected chi connectivity index (χ3v) is 8.83. The molecule has 1 aliphatic rings. The first-order valence-corrected chi connectivity index (χ1v) is 12.0. The number of nitrogens with one attached hydrogen (secondary N) is 1. The Morgan fingerprint density at radius 1 is 1.00 bits per heavy atom. The maximum atomic E-state index is 12.6. The van der Waals surface area contributed by atoms with Crippen LogP contribution >= 0.6 is 0 Å². The molecule has 1 amide bonds. The van der Waals surface area contributed by atoms with E-state index in [1.54, 1.807) is 12.1 Å². The fraction of sp³-hybridized carbons (Fsp3) is 0.263. The first-order chi connectivity index (χ1) is 13.6. The topological polar surface area (TPSA) is 124 Å². The fourth-order valence-electron chi connectivity index (χ4n) is 3.00. The van der Waals surface area contributed by atoms with Crippen LogP contribution in [0, 0.1) is 0 Å². The first kappa shape index (κ1) is 21.0. The van der Waals surface area contributed by atoms with Crippen molar-refractivity contribution in [2.24, 2.45) is 0 Å². The van der Waals surface area contributed by atoms with Crippen molar-refractivity contribution in [1.29, 1.82) is 0 Å². The lowest BCUT2D eigenvalue weighted by Gasteiger charge is -2.11. The van der Waals surface area contributed by atoms with Gasteiger partial charge in [0.05, 0.1) is 34.3 Å². The highest BCUT2D eigenvalue weighted by Gasteiger charge is 2.37. The molecule has 1 saturated heterocycles. The van der Waals surface area contributed by atoms with Gasteiger partial charge < -0.3 is 10.1 Å². The van der Waals surface area contributed by atoms with Crippen LogP contribution in [0.4, 0.5) is 5.69 Å². The minimum atomic E-state index is -3.78. The average molecular weight is 437 g/mol. The molecule has 0 aromatic heterocycles. The molecule has 154 valence electrons. The van der Waals surface area contributed by atoms with Crippen LogP contribution in [0.1, 0.15) is 27.1 Å². The molecule has 3 rings (SSSR count). The summed E-state index contributed by atoms with van der Waals surface area (Å²) in [6.45, 7) is 0. The number of rotatable bonds is 5. The van der Waals surface area contributed by atoms with Gasteiger partial charge in [0.25, 0.3) is 5.91 Å². The van der Waals surface area contributed by atoms with E-state index in [9.17, 15) is 26.4 Å². The molecular weight excluding hydrogens is 418 g/mol. The van der Waals surface area contributed by atoms with Crippen molar-refractivity contribution in [2.75, 3.05) is 23.9 Å². The van der Waals surface area contributed by atoms with E-state index in [1.807, 2.05) is 0 Å². The number of amides is 1. The third-order valence-electron chi connectivity index (χ3n) is 4.64. The molecule has 0 spiro atoms. The number of esters is 1. The summed E-state index contributed by atoms with van der Waals surface area (Å²) in [6, 6.07) is 11.4. The molecule has 0 radical (unpaired) electrons. The summed E-state index contributed by atoms with van der Waals surface area (Å²) >= 11 is 0. The summed E-state index contributed by atoms with van der Waals surface area (Å²) < 4.78 is 52.9. The van der Waals surface area contributed by atoms with Crippen LogP contribution in [-0.4, -0.2) is 52.6 Å². The van der Waals surface area contributed by atoms with Crippen LogP contribution in [0.5, 0.6) is 0 Å². The number of benzene rings is 2. The van der Waals surface area contributed by atoms with Gasteiger partial charge in [-0.15, -0.1) is 0 Å². The molecule has 1 unspecified atom stereocenters. The number of carbonyl (C=O) groups excluding carboxylic acids is 2. The summed E-state index contributed by atoms with van der Waals surface area (Å²) in [5.41, 5.74) is 1.03. The molecule has 1 fully saturated rings. The standard InChI is InChI=1S/C19H19NO7S2/c1-27-19(22)14-2-6-15(7-3-14)20-18(21)13-4-8-16(9-5-13)29(25,26)17-10-11-28(23,24)12-17/h2-9,17H,10-12H2,1H3,(H,20,21). The molecule has 8 nitrogen and oxygen atoms in total. The molecule has 0 bridgehead atoms. The monoisotopic (exact) mass is 437 g/mol. The summed E-state index contributed by atoms with van der Waals surface area (Å²) in [7, 11) is -5.84. The van der Waals surface area contributed by atoms with Crippen LogP contribution in [0.15, 0.2) is 53.4 Å². The second-order valence-electron chi connectivity index (χ2n) is 6.62. The Labute approximate surface area is 168 Å². The molecule has 29 heavy (non-hydrogen) atoms. The largest absolute Gasteiger partial charge is 0.465 e. The van der Waals surface area contributed by atoms with Crippen molar-refractivity contribution in [2.45, 2.75) is 16.6 Å². The van der Waals surface area contributed by atoms with Crippen molar-refractivity contribution < 1.29 is 31.2 Å². The number of hydrogen-bond donors (Lipinski definition) is 1. The van der Waals surface area contributed by atoms with Crippen LogP contribution in [0.3, 0.4) is 0 Å². The summed E-state index contributed by atoms with van der Waals surface area (Å²) in [6.07, 6.45) is 0.0779. The lowest BCUT2D eigenvalue weighted by molar-refractivity contribution is 0.0600. The van der Waals surface area contributed by atoms with Gasteiger partial charge in [0.15, 0.2) is 19.7 Å². The Morgan fingerprint density at radius 2 is 1.59 bits per heavy atom. The fourth-order valence-corrected chi connectivity index (χ4v) is 7.36. The molecule has 2 aromatic rings. The van der Waals surface area contributed by atoms with Crippen molar-refractivity contribution in [3.63, 3.8) is 0 Å². The number of hydrogen-bond acceptors (Lipinski definition) is 7. The second kappa shape index (κ2) is 7.96. The molecule has 1 atom stereocenters. The van der Waals surface area contributed by atoms with E-state index in [-0.39, 0.29) is 28.4 Å². The van der Waals surface area contributed by atoms with Gasteiger partial charge in [0.1, 0.15) is 0 Å². The van der Waals surface area contributed by atoms with Crippen molar-refractivity contribution in [1.82, 2.24) is 0 Å². The molecule has 2 aromatic carbocycles. The zero-order valence-electron chi connectivity index (χ0n) is 15.5. The lowest BCUT2D eigenvalue weighted by atomic mass is 10.2. The van der Waals surface area contributed by atoms with Gasteiger partial charge >= 0.3 is 5.97 Å². The highest BCUT2D eigenvalue weighted by Crippen LogP contribution is 2.25. The predicted molar refractivity (Wildman–Crippen MR) is 106 cm³/mol. The summed E-state index contributed by atoms with van der Waals surface area (Å²) in [5.74, 6) is -1.45. The molecule has 1 aliphatic heterocycles. The van der Waals surface area contributed by atoms with E-state index in [4.69, 9.17) is 0 Å². The minimum Gasteiger partial charge on any atom is -0.465 e. The highest BCUT2D eigenvalue weighted by molar-refractivity contribution is 7.96. The van der Waals surface area contributed by atoms with Gasteiger partial charge in [-0.1, -0.05) is 0 Å². The maximum Gasteiger partial charge on any atom is 0.337 e. The smallest absolute Gasteiger partial charge is 0.337 e. The van der Waals surface area contributed by atoms with Gasteiger partial charge in [-0.2, -0.15) is 0 Å². The number of ether oxygens (including phenoxy) is 1. The lowest BCUT2D eigenvalue weighted by Crippen LogP contribution is -2.22. The molecule has 1 heterocycles. The van der Waals surface area contributed by atoms with Crippen LogP contribution < -0.4 is 5.32 Å². The summed E-state index contributed by atoms with van der Waals surface area (Å²) in [4.78, 5) is 23.8. The third kappa shape index (κ3) is 4.65. The van der Waals surface area contributed by atoms with E-state index in [0.717, 1.165) is 0 Å². The van der Waals surface area contributed by atoms with Crippen molar-refractivity contribution in [3.05, 3.63) is 59.7 Å². The molecule has 1 N–H and O–H groups in total. The van der Waals surface area contributed by atoms with Crippen LogP contribution in [0.25, 0.3) is 0 Å². The van der Waals surface area contributed by atoms with Gasteiger partial charge in [-0.3, -0.25) is 4.79 Å². The van der Waals surface area contributed by atoms with Gasteiger partial charge in [-0.05, 0) is 55.0 Å². The SMILES string of the molecule is COC(=O)c1ccc(NC(=O)c2ccc(S(=O)(=O)C3CCS(=O)(=O)C3)cc2)cc1. The zero-order chi connectivity index (χ0) is 21.2. The average Bonchev–Trinajstić information content (AvgIpc) is 3.08. The van der Waals surface area contributed by atoms with E-state index < -0.39 is 36.8 Å². The van der Waals surface area contributed by atoms with Crippen LogP contribution in [-0.2, 0) is 24.4 Å². The predicted octanol–water partition coefficient (Wildman–Crippen LogP) is 1.69. The van der Waals surface area contributed by atoms with Gasteiger partial charge in [0, 0.05) is 11.3 Å². The number of sulfone groups is 2. The highest BCUT2D eigenvalue weighted by atomic mass is 32.2. The molecular formula is C19H19NO7S2. The van der Waals surface area contributed by atoms with E-state index in [1.165, 1.54) is 43.5 Å². The second-order valence-corrected chi connectivity index (χ2v) is 11.1. The Hall–Kier alpha value is -2.72. The number of anilines is 1. The Kier molecular flexibility index (Phi) is 5.76. The van der Waals surface area contributed by atoms with Gasteiger partial charge in [-0.25, -0.2) is 21.6 Å². The van der Waals surface area contributed by atoms with Gasteiger partial charge in [0.2, 0.25) is 0 Å². The normalized spacial score (nSPS) is 18.2. The summed E-state index contributed by atoms with van der Waals surface area (Å²) in [5, 5.41) is 1.69.